The standard InChI is InChI=1S/C15H29NO2S/c1-16(8-3-2-4-9-17)14-5-10-18-15(13-14)6-11-19-12-7-15/h14,17H,2-13H2,1H3. The fourth-order valence-electron chi connectivity index (χ4n) is 3.30. The van der Waals surface area contributed by atoms with Gasteiger partial charge in [-0.1, -0.05) is 0 Å². The van der Waals surface area contributed by atoms with Gasteiger partial charge in [-0.3, -0.25) is 0 Å². The van der Waals surface area contributed by atoms with Gasteiger partial charge in [0, 0.05) is 19.3 Å². The molecule has 2 heterocycles. The van der Waals surface area contributed by atoms with E-state index in [1.165, 1.54) is 43.6 Å². The first-order chi connectivity index (χ1) is 9.26. The summed E-state index contributed by atoms with van der Waals surface area (Å²) < 4.78 is 6.16. The molecule has 0 amide bonds. The monoisotopic (exact) mass is 287 g/mol. The molecular weight excluding hydrogens is 258 g/mol. The molecule has 1 N–H and O–H groups in total. The maximum atomic E-state index is 8.81. The Hall–Kier alpha value is 0.230. The van der Waals surface area contributed by atoms with Crippen molar-refractivity contribution in [3.63, 3.8) is 0 Å². The van der Waals surface area contributed by atoms with E-state index in [0.717, 1.165) is 26.0 Å². The first kappa shape index (κ1) is 15.6. The normalized spacial score (nSPS) is 27.0. The molecule has 0 aromatic heterocycles. The van der Waals surface area contributed by atoms with E-state index in [2.05, 4.69) is 23.7 Å². The Morgan fingerprint density at radius 1 is 1.26 bits per heavy atom. The Morgan fingerprint density at radius 3 is 2.79 bits per heavy atom. The highest BCUT2D eigenvalue weighted by Gasteiger charge is 2.39. The third-order valence-electron chi connectivity index (χ3n) is 4.66. The molecule has 1 spiro atoms. The van der Waals surface area contributed by atoms with Gasteiger partial charge in [0.05, 0.1) is 5.60 Å². The average Bonchev–Trinajstić information content (AvgIpc) is 2.44. The van der Waals surface area contributed by atoms with Crippen LogP contribution in [0.5, 0.6) is 0 Å². The second kappa shape index (κ2) is 7.87. The Kier molecular flexibility index (Phi) is 6.46. The highest BCUT2D eigenvalue weighted by Crippen LogP contribution is 2.38. The van der Waals surface area contributed by atoms with Crippen LogP contribution in [-0.2, 0) is 4.74 Å². The van der Waals surface area contributed by atoms with Crippen molar-refractivity contribution in [3.05, 3.63) is 0 Å². The number of aliphatic hydroxyl groups is 1. The predicted molar refractivity (Wildman–Crippen MR) is 81.8 cm³/mol. The van der Waals surface area contributed by atoms with E-state index in [-0.39, 0.29) is 5.60 Å². The fraction of sp³-hybridized carbons (Fsp3) is 1.00. The Bertz CT molecular complexity index is 251. The molecule has 19 heavy (non-hydrogen) atoms. The van der Waals surface area contributed by atoms with E-state index in [4.69, 9.17) is 9.84 Å². The van der Waals surface area contributed by atoms with Gasteiger partial charge in [0.1, 0.15) is 0 Å². The van der Waals surface area contributed by atoms with Gasteiger partial charge in [0.25, 0.3) is 0 Å². The zero-order valence-corrected chi connectivity index (χ0v) is 13.1. The molecule has 1 atom stereocenters. The van der Waals surface area contributed by atoms with Crippen LogP contribution >= 0.6 is 11.8 Å². The minimum absolute atomic E-state index is 0.202. The van der Waals surface area contributed by atoms with Crippen LogP contribution in [0.15, 0.2) is 0 Å². The lowest BCUT2D eigenvalue weighted by molar-refractivity contribution is -0.107. The lowest BCUT2D eigenvalue weighted by atomic mass is 9.85. The van der Waals surface area contributed by atoms with Crippen molar-refractivity contribution in [2.24, 2.45) is 0 Å². The Labute approximate surface area is 122 Å². The second-order valence-electron chi connectivity index (χ2n) is 6.06. The number of aliphatic hydroxyl groups excluding tert-OH is 1. The van der Waals surface area contributed by atoms with E-state index in [0.29, 0.717) is 12.6 Å². The molecule has 0 bridgehead atoms. The van der Waals surface area contributed by atoms with Crippen LogP contribution in [0.2, 0.25) is 0 Å². The van der Waals surface area contributed by atoms with Crippen LogP contribution in [0.1, 0.15) is 44.9 Å². The molecule has 2 aliphatic rings. The van der Waals surface area contributed by atoms with Crippen LogP contribution in [0.4, 0.5) is 0 Å². The number of ether oxygens (including phenoxy) is 1. The van der Waals surface area contributed by atoms with Gasteiger partial charge < -0.3 is 14.7 Å². The molecule has 112 valence electrons. The molecular formula is C15H29NO2S. The van der Waals surface area contributed by atoms with Gasteiger partial charge in [0.2, 0.25) is 0 Å². The van der Waals surface area contributed by atoms with Crippen molar-refractivity contribution in [1.29, 1.82) is 0 Å². The molecule has 3 nitrogen and oxygen atoms in total. The molecule has 0 aromatic carbocycles. The zero-order valence-electron chi connectivity index (χ0n) is 12.3. The van der Waals surface area contributed by atoms with Gasteiger partial charge in [-0.25, -0.2) is 0 Å². The molecule has 0 aromatic rings. The lowest BCUT2D eigenvalue weighted by Crippen LogP contribution is -2.49. The Balaban J connectivity index is 1.76. The number of nitrogens with zero attached hydrogens (tertiary/aromatic N) is 1. The zero-order chi connectivity index (χ0) is 13.6. The number of rotatable bonds is 6. The summed E-state index contributed by atoms with van der Waals surface area (Å²) in [5.74, 6) is 2.54. The van der Waals surface area contributed by atoms with E-state index in [1.807, 2.05) is 0 Å². The third-order valence-corrected chi connectivity index (χ3v) is 5.65. The van der Waals surface area contributed by atoms with Crippen LogP contribution in [-0.4, -0.2) is 60.0 Å². The number of unbranched alkanes of at least 4 members (excludes halogenated alkanes) is 2. The molecule has 2 saturated heterocycles. The van der Waals surface area contributed by atoms with Crippen molar-refractivity contribution in [3.8, 4) is 0 Å². The Morgan fingerprint density at radius 2 is 2.05 bits per heavy atom. The van der Waals surface area contributed by atoms with Gasteiger partial charge in [0.15, 0.2) is 0 Å². The number of hydrogen-bond donors (Lipinski definition) is 1. The van der Waals surface area contributed by atoms with Crippen LogP contribution in [0, 0.1) is 0 Å². The molecule has 0 aliphatic carbocycles. The van der Waals surface area contributed by atoms with E-state index < -0.39 is 0 Å². The summed E-state index contributed by atoms with van der Waals surface area (Å²) in [5, 5.41) is 8.81. The number of thioether (sulfide) groups is 1. The first-order valence-electron chi connectivity index (χ1n) is 7.79. The molecule has 0 radical (unpaired) electrons. The van der Waals surface area contributed by atoms with Crippen molar-refractivity contribution < 1.29 is 9.84 Å². The smallest absolute Gasteiger partial charge is 0.0713 e. The summed E-state index contributed by atoms with van der Waals surface area (Å²) in [6.07, 6.45) is 8.19. The SMILES string of the molecule is CN(CCCCCO)C1CCOC2(CCSCC2)C1. The highest BCUT2D eigenvalue weighted by atomic mass is 32.2. The topological polar surface area (TPSA) is 32.7 Å². The van der Waals surface area contributed by atoms with Crippen molar-refractivity contribution in [2.75, 3.05) is 38.3 Å². The fourth-order valence-corrected chi connectivity index (χ4v) is 4.54. The highest BCUT2D eigenvalue weighted by molar-refractivity contribution is 7.99. The largest absolute Gasteiger partial charge is 0.396 e. The predicted octanol–water partition coefficient (Wildman–Crippen LogP) is 2.53. The van der Waals surface area contributed by atoms with Crippen LogP contribution < -0.4 is 0 Å². The maximum absolute atomic E-state index is 8.81. The van der Waals surface area contributed by atoms with Crippen LogP contribution in [0.3, 0.4) is 0 Å². The number of hydrogen-bond acceptors (Lipinski definition) is 4. The van der Waals surface area contributed by atoms with E-state index in [1.54, 1.807) is 0 Å². The lowest BCUT2D eigenvalue weighted by Gasteiger charge is -2.45. The van der Waals surface area contributed by atoms with Gasteiger partial charge in [-0.05, 0) is 70.0 Å². The third kappa shape index (κ3) is 4.62. The van der Waals surface area contributed by atoms with E-state index >= 15 is 0 Å². The minimum atomic E-state index is 0.202. The second-order valence-corrected chi connectivity index (χ2v) is 7.28. The molecule has 2 rings (SSSR count). The van der Waals surface area contributed by atoms with Crippen molar-refractivity contribution in [1.82, 2.24) is 4.90 Å². The quantitative estimate of drug-likeness (QED) is 0.761. The summed E-state index contributed by atoms with van der Waals surface area (Å²) in [7, 11) is 2.26. The van der Waals surface area contributed by atoms with Crippen molar-refractivity contribution in [2.45, 2.75) is 56.6 Å². The van der Waals surface area contributed by atoms with Crippen LogP contribution in [0.25, 0.3) is 0 Å². The summed E-state index contributed by atoms with van der Waals surface area (Å²) >= 11 is 2.07. The van der Waals surface area contributed by atoms with E-state index in [9.17, 15) is 0 Å². The summed E-state index contributed by atoms with van der Waals surface area (Å²) in [6, 6.07) is 0.700. The van der Waals surface area contributed by atoms with Gasteiger partial charge in [-0.2, -0.15) is 11.8 Å². The maximum Gasteiger partial charge on any atom is 0.0713 e. The molecule has 2 fully saturated rings. The molecule has 0 saturated carbocycles. The van der Waals surface area contributed by atoms with Crippen molar-refractivity contribution >= 4 is 11.8 Å². The molecule has 4 heteroatoms. The first-order valence-corrected chi connectivity index (χ1v) is 8.94. The summed E-state index contributed by atoms with van der Waals surface area (Å²) in [5.41, 5.74) is 0.202. The summed E-state index contributed by atoms with van der Waals surface area (Å²) in [4.78, 5) is 2.53. The molecule has 2 aliphatic heterocycles. The van der Waals surface area contributed by atoms with Gasteiger partial charge >= 0.3 is 0 Å². The van der Waals surface area contributed by atoms with Gasteiger partial charge in [-0.15, -0.1) is 0 Å². The molecule has 1 unspecified atom stereocenters. The minimum Gasteiger partial charge on any atom is -0.396 e. The summed E-state index contributed by atoms with van der Waals surface area (Å²) in [6.45, 7) is 2.44. The average molecular weight is 287 g/mol.